The number of rotatable bonds is 8. The van der Waals surface area contributed by atoms with Crippen molar-refractivity contribution in [2.24, 2.45) is 5.14 Å². The van der Waals surface area contributed by atoms with Crippen molar-refractivity contribution in [2.75, 3.05) is 11.6 Å². The van der Waals surface area contributed by atoms with Crippen LogP contribution in [0.15, 0.2) is 76.5 Å². The quantitative estimate of drug-likeness (QED) is 0.472. The molecule has 3 aromatic rings. The Morgan fingerprint density at radius 1 is 1.10 bits per heavy atom. The van der Waals surface area contributed by atoms with Gasteiger partial charge in [-0.05, 0) is 53.9 Å². The minimum Gasteiger partial charge on any atom is -0.489 e. The first-order valence-electron chi connectivity index (χ1n) is 9.05. The molecule has 0 fully saturated rings. The average Bonchev–Trinajstić information content (AvgIpc) is 2.74. The van der Waals surface area contributed by atoms with E-state index in [2.05, 4.69) is 5.32 Å². The van der Waals surface area contributed by atoms with Crippen LogP contribution < -0.4 is 15.2 Å². The van der Waals surface area contributed by atoms with Crippen LogP contribution >= 0.6 is 23.5 Å². The van der Waals surface area contributed by atoms with Crippen molar-refractivity contribution < 1.29 is 13.7 Å². The van der Waals surface area contributed by atoms with Crippen molar-refractivity contribution in [2.45, 2.75) is 22.8 Å². The summed E-state index contributed by atoms with van der Waals surface area (Å²) in [5.41, 5.74) is 2.30. The third-order valence-electron chi connectivity index (χ3n) is 4.32. The van der Waals surface area contributed by atoms with Gasteiger partial charge < -0.3 is 10.1 Å². The minimum atomic E-state index is -1.07. The van der Waals surface area contributed by atoms with Crippen LogP contribution in [0.25, 0.3) is 0 Å². The maximum absolute atomic E-state index is 12.4. The molecule has 1 amide bonds. The molecule has 0 aliphatic carbocycles. The third-order valence-corrected chi connectivity index (χ3v) is 6.24. The fourth-order valence-electron chi connectivity index (χ4n) is 2.79. The maximum atomic E-state index is 12.4. The van der Waals surface area contributed by atoms with Crippen LogP contribution in [-0.4, -0.2) is 16.4 Å². The fourth-order valence-corrected chi connectivity index (χ4v) is 4.01. The lowest BCUT2D eigenvalue weighted by Gasteiger charge is -2.13. The van der Waals surface area contributed by atoms with Gasteiger partial charge in [-0.1, -0.05) is 41.9 Å². The van der Waals surface area contributed by atoms with Gasteiger partial charge in [-0.3, -0.25) is 14.1 Å². The predicted octanol–water partition coefficient (Wildman–Crippen LogP) is 4.80. The summed E-state index contributed by atoms with van der Waals surface area (Å²) in [6.07, 6.45) is 1.81. The number of nitrogens with two attached hydrogens (primary N) is 1. The molecule has 8 heteroatoms. The summed E-state index contributed by atoms with van der Waals surface area (Å²) < 4.78 is 17.5. The molecule has 0 heterocycles. The molecule has 0 radical (unpaired) electrons. The molecule has 1 atom stereocenters. The van der Waals surface area contributed by atoms with Gasteiger partial charge in [0.15, 0.2) is 0 Å². The molecule has 1 unspecified atom stereocenters. The summed E-state index contributed by atoms with van der Waals surface area (Å²) in [6.45, 7) is 0.299. The van der Waals surface area contributed by atoms with Gasteiger partial charge in [0.05, 0.1) is 6.42 Å². The number of anilines is 1. The summed E-state index contributed by atoms with van der Waals surface area (Å²) in [6, 6.07) is 19.9. The van der Waals surface area contributed by atoms with E-state index in [1.807, 2.05) is 42.5 Å². The van der Waals surface area contributed by atoms with Gasteiger partial charge in [0.25, 0.3) is 0 Å². The lowest BCUT2D eigenvalue weighted by molar-refractivity contribution is -0.115. The standard InChI is InChI=1S/C22H21ClN2O3S2/c1-30(27)19-7-4-6-18(13-19)28-14-16-9-10-17(12-21(16)29-24)25-22(26)11-15-5-2-3-8-20(15)23/h2-10,12-13H,11,14,24H2,1H3,(H,25,26). The Morgan fingerprint density at radius 2 is 1.90 bits per heavy atom. The smallest absolute Gasteiger partial charge is 0.228 e. The van der Waals surface area contributed by atoms with E-state index < -0.39 is 10.8 Å². The third kappa shape index (κ3) is 6.09. The molecule has 5 nitrogen and oxygen atoms in total. The molecule has 0 saturated heterocycles. The Morgan fingerprint density at radius 3 is 2.63 bits per heavy atom. The van der Waals surface area contributed by atoms with E-state index in [0.717, 1.165) is 28.0 Å². The Hall–Kier alpha value is -2.32. The summed E-state index contributed by atoms with van der Waals surface area (Å²) in [5, 5.41) is 9.25. The summed E-state index contributed by atoms with van der Waals surface area (Å²) in [7, 11) is -1.07. The van der Waals surface area contributed by atoms with E-state index >= 15 is 0 Å². The zero-order valence-electron chi connectivity index (χ0n) is 16.3. The van der Waals surface area contributed by atoms with Crippen LogP contribution in [0.4, 0.5) is 5.69 Å². The van der Waals surface area contributed by atoms with E-state index in [4.69, 9.17) is 21.5 Å². The van der Waals surface area contributed by atoms with Gasteiger partial charge in [-0.2, -0.15) is 0 Å². The summed E-state index contributed by atoms with van der Waals surface area (Å²) in [4.78, 5) is 13.9. The molecule has 0 aliphatic heterocycles. The van der Waals surface area contributed by atoms with Crippen LogP contribution in [0.3, 0.4) is 0 Å². The molecule has 3 aromatic carbocycles. The fraction of sp³-hybridized carbons (Fsp3) is 0.136. The second kappa shape index (κ2) is 10.6. The highest BCUT2D eigenvalue weighted by Gasteiger charge is 2.10. The number of carbonyl (C=O) groups is 1. The van der Waals surface area contributed by atoms with Crippen LogP contribution in [0.1, 0.15) is 11.1 Å². The van der Waals surface area contributed by atoms with Gasteiger partial charge in [0.2, 0.25) is 5.91 Å². The van der Waals surface area contributed by atoms with Gasteiger partial charge in [0.1, 0.15) is 12.4 Å². The number of benzene rings is 3. The van der Waals surface area contributed by atoms with E-state index in [1.54, 1.807) is 30.5 Å². The molecule has 0 aromatic heterocycles. The zero-order chi connectivity index (χ0) is 21.5. The van der Waals surface area contributed by atoms with E-state index in [0.29, 0.717) is 28.0 Å². The number of nitrogens with one attached hydrogen (secondary N) is 1. The first-order chi connectivity index (χ1) is 14.5. The lowest BCUT2D eigenvalue weighted by atomic mass is 10.1. The van der Waals surface area contributed by atoms with Crippen LogP contribution in [0.5, 0.6) is 5.75 Å². The Bertz CT molecular complexity index is 1080. The molecule has 0 bridgehead atoms. The molecule has 0 saturated carbocycles. The highest BCUT2D eigenvalue weighted by molar-refractivity contribution is 7.97. The SMILES string of the molecule is CS(=O)c1cccc(OCc2ccc(NC(=O)Cc3ccccc3Cl)cc2SN)c1. The normalized spacial score (nSPS) is 11.7. The molecule has 0 aliphatic rings. The molecule has 156 valence electrons. The highest BCUT2D eigenvalue weighted by Crippen LogP contribution is 2.25. The van der Waals surface area contributed by atoms with E-state index in [-0.39, 0.29) is 12.3 Å². The van der Waals surface area contributed by atoms with Gasteiger partial charge in [-0.15, -0.1) is 0 Å². The van der Waals surface area contributed by atoms with Crippen LogP contribution in [-0.2, 0) is 28.6 Å². The first kappa shape index (κ1) is 22.4. The first-order valence-corrected chi connectivity index (χ1v) is 11.9. The predicted molar refractivity (Wildman–Crippen MR) is 123 cm³/mol. The van der Waals surface area contributed by atoms with Crippen molar-refractivity contribution in [1.29, 1.82) is 0 Å². The molecule has 30 heavy (non-hydrogen) atoms. The molecule has 0 spiro atoms. The second-order valence-electron chi connectivity index (χ2n) is 6.47. The topological polar surface area (TPSA) is 81.4 Å². The Balaban J connectivity index is 1.66. The number of hydrogen-bond donors (Lipinski definition) is 2. The Kier molecular flexibility index (Phi) is 7.93. The maximum Gasteiger partial charge on any atom is 0.228 e. The number of hydrogen-bond acceptors (Lipinski definition) is 5. The van der Waals surface area contributed by atoms with Crippen molar-refractivity contribution in [3.8, 4) is 5.75 Å². The number of ether oxygens (including phenoxy) is 1. The van der Waals surface area contributed by atoms with Gasteiger partial charge in [0, 0.05) is 43.1 Å². The van der Waals surface area contributed by atoms with Crippen molar-refractivity contribution >= 4 is 45.9 Å². The second-order valence-corrected chi connectivity index (χ2v) is 8.94. The van der Waals surface area contributed by atoms with Crippen LogP contribution in [0, 0.1) is 0 Å². The number of amides is 1. The Labute approximate surface area is 187 Å². The molecular formula is C22H21ClN2O3S2. The largest absolute Gasteiger partial charge is 0.489 e. The molecule has 3 rings (SSSR count). The minimum absolute atomic E-state index is 0.163. The summed E-state index contributed by atoms with van der Waals surface area (Å²) in [5.74, 6) is 0.470. The molecule has 3 N–H and O–H groups in total. The van der Waals surface area contributed by atoms with Gasteiger partial charge in [-0.25, -0.2) is 0 Å². The monoisotopic (exact) mass is 460 g/mol. The van der Waals surface area contributed by atoms with E-state index in [9.17, 15) is 9.00 Å². The van der Waals surface area contributed by atoms with Crippen molar-refractivity contribution in [3.05, 3.63) is 82.9 Å². The van der Waals surface area contributed by atoms with Crippen molar-refractivity contribution in [1.82, 2.24) is 0 Å². The lowest BCUT2D eigenvalue weighted by Crippen LogP contribution is -2.15. The van der Waals surface area contributed by atoms with Crippen LogP contribution in [0.2, 0.25) is 5.02 Å². The average molecular weight is 461 g/mol. The van der Waals surface area contributed by atoms with E-state index in [1.165, 1.54) is 0 Å². The number of carbonyl (C=O) groups excluding carboxylic acids is 1. The zero-order valence-corrected chi connectivity index (χ0v) is 18.7. The van der Waals surface area contributed by atoms with Crippen molar-refractivity contribution in [3.63, 3.8) is 0 Å². The molecular weight excluding hydrogens is 440 g/mol. The summed E-state index contributed by atoms with van der Waals surface area (Å²) >= 11 is 7.21. The number of halogens is 1. The highest BCUT2D eigenvalue weighted by atomic mass is 35.5. The van der Waals surface area contributed by atoms with Gasteiger partial charge >= 0.3 is 0 Å².